The van der Waals surface area contributed by atoms with Crippen LogP contribution < -0.4 is 5.32 Å². The molecule has 0 radical (unpaired) electrons. The van der Waals surface area contributed by atoms with Gasteiger partial charge in [0.15, 0.2) is 0 Å². The van der Waals surface area contributed by atoms with Crippen LogP contribution in [-0.4, -0.2) is 52.4 Å². The Labute approximate surface area is 138 Å². The predicted octanol–water partition coefficient (Wildman–Crippen LogP) is 1.64. The van der Waals surface area contributed by atoms with Crippen molar-refractivity contribution >= 4 is 11.9 Å². The molecule has 2 atom stereocenters. The number of methoxy groups -OCH3 is 1. The molecule has 1 saturated heterocycles. The van der Waals surface area contributed by atoms with Crippen LogP contribution in [0.3, 0.4) is 0 Å². The van der Waals surface area contributed by atoms with Gasteiger partial charge in [0, 0.05) is 32.5 Å². The van der Waals surface area contributed by atoms with Gasteiger partial charge in [-0.25, -0.2) is 4.39 Å². The van der Waals surface area contributed by atoms with Crippen LogP contribution in [0.2, 0.25) is 0 Å². The van der Waals surface area contributed by atoms with Gasteiger partial charge in [-0.1, -0.05) is 5.10 Å². The van der Waals surface area contributed by atoms with Gasteiger partial charge < -0.3 is 9.15 Å². The summed E-state index contributed by atoms with van der Waals surface area (Å²) in [7, 11) is 1.67. The number of halogens is 1. The summed E-state index contributed by atoms with van der Waals surface area (Å²) >= 11 is 0. The minimum atomic E-state index is -0.606. The van der Waals surface area contributed by atoms with E-state index in [1.807, 2.05) is 6.92 Å². The van der Waals surface area contributed by atoms with E-state index < -0.39 is 11.7 Å². The lowest BCUT2D eigenvalue weighted by Gasteiger charge is -2.22. The maximum Gasteiger partial charge on any atom is 0.322 e. The summed E-state index contributed by atoms with van der Waals surface area (Å²) in [6.45, 7) is 3.60. The average Bonchev–Trinajstić information content (AvgIpc) is 3.23. The Kier molecular flexibility index (Phi) is 4.81. The van der Waals surface area contributed by atoms with Crippen molar-refractivity contribution in [3.8, 4) is 0 Å². The van der Waals surface area contributed by atoms with Crippen LogP contribution >= 0.6 is 0 Å². The molecule has 3 rings (SSSR count). The smallest absolute Gasteiger partial charge is 0.322 e. The van der Waals surface area contributed by atoms with Crippen molar-refractivity contribution in [1.82, 2.24) is 20.1 Å². The Morgan fingerprint density at radius 2 is 2.38 bits per heavy atom. The molecule has 24 heavy (non-hydrogen) atoms. The van der Waals surface area contributed by atoms with E-state index in [-0.39, 0.29) is 23.9 Å². The van der Waals surface area contributed by atoms with Crippen LogP contribution in [0.4, 0.5) is 10.4 Å². The molecule has 0 aromatic carbocycles. The molecule has 0 spiro atoms. The minimum absolute atomic E-state index is 0.0242. The molecule has 128 valence electrons. The standard InChI is InChI=1S/C15H18FN5O3/c1-9(23-2)21-6-4-10(8-21)14-19-20-15(24-14)18-13(22)12-7-11(16)3-5-17-12/h3,5,7,9-10H,4,6,8H2,1-2H3,(H,18,20,22). The van der Waals surface area contributed by atoms with Crippen molar-refractivity contribution in [2.75, 3.05) is 25.5 Å². The van der Waals surface area contributed by atoms with Crippen molar-refractivity contribution < 1.29 is 18.3 Å². The normalized spacial score (nSPS) is 19.4. The number of nitrogens with one attached hydrogen (secondary N) is 1. The van der Waals surface area contributed by atoms with Gasteiger partial charge in [-0.05, 0) is 19.4 Å². The molecule has 2 aromatic rings. The molecule has 0 aliphatic carbocycles. The van der Waals surface area contributed by atoms with Gasteiger partial charge >= 0.3 is 6.01 Å². The number of anilines is 1. The lowest BCUT2D eigenvalue weighted by atomic mass is 10.1. The number of ether oxygens (including phenoxy) is 1. The average molecular weight is 335 g/mol. The van der Waals surface area contributed by atoms with Crippen LogP contribution in [-0.2, 0) is 4.74 Å². The van der Waals surface area contributed by atoms with E-state index in [9.17, 15) is 9.18 Å². The highest BCUT2D eigenvalue weighted by atomic mass is 19.1. The van der Waals surface area contributed by atoms with Crippen LogP contribution in [0.1, 0.15) is 35.6 Å². The molecule has 1 fully saturated rings. The quantitative estimate of drug-likeness (QED) is 0.887. The number of hydrogen-bond donors (Lipinski definition) is 1. The number of carbonyl (C=O) groups is 1. The summed E-state index contributed by atoms with van der Waals surface area (Å²) in [5.41, 5.74) is -0.0595. The summed E-state index contributed by atoms with van der Waals surface area (Å²) in [5, 5.41) is 10.2. The molecule has 0 bridgehead atoms. The zero-order valence-electron chi connectivity index (χ0n) is 13.4. The summed E-state index contributed by atoms with van der Waals surface area (Å²) in [6, 6.07) is 2.17. The van der Waals surface area contributed by atoms with Crippen molar-refractivity contribution in [2.45, 2.75) is 25.5 Å². The molecular weight excluding hydrogens is 317 g/mol. The number of hydrogen-bond acceptors (Lipinski definition) is 7. The number of amides is 1. The summed E-state index contributed by atoms with van der Waals surface area (Å²) < 4.78 is 23.9. The number of pyridine rings is 1. The van der Waals surface area contributed by atoms with Gasteiger partial charge in [0.2, 0.25) is 5.89 Å². The fraction of sp³-hybridized carbons (Fsp3) is 0.467. The van der Waals surface area contributed by atoms with Gasteiger partial charge in [0.1, 0.15) is 17.7 Å². The minimum Gasteiger partial charge on any atom is -0.407 e. The first-order chi connectivity index (χ1) is 11.6. The van der Waals surface area contributed by atoms with E-state index in [0.29, 0.717) is 5.89 Å². The van der Waals surface area contributed by atoms with E-state index >= 15 is 0 Å². The highest BCUT2D eigenvalue weighted by Gasteiger charge is 2.30. The summed E-state index contributed by atoms with van der Waals surface area (Å²) in [5.74, 6) is -0.596. The van der Waals surface area contributed by atoms with Crippen molar-refractivity contribution in [1.29, 1.82) is 0 Å². The second-order valence-electron chi connectivity index (χ2n) is 5.57. The zero-order valence-corrected chi connectivity index (χ0v) is 13.4. The topological polar surface area (TPSA) is 93.4 Å². The van der Waals surface area contributed by atoms with Crippen molar-refractivity contribution in [3.05, 3.63) is 35.7 Å². The SMILES string of the molecule is COC(C)N1CCC(c2nnc(NC(=O)c3cc(F)ccn3)o2)C1. The first-order valence-electron chi connectivity index (χ1n) is 7.60. The molecule has 9 heteroatoms. The molecule has 0 saturated carbocycles. The van der Waals surface area contributed by atoms with E-state index in [4.69, 9.17) is 9.15 Å². The lowest BCUT2D eigenvalue weighted by Crippen LogP contribution is -2.32. The van der Waals surface area contributed by atoms with Crippen molar-refractivity contribution in [2.24, 2.45) is 0 Å². The van der Waals surface area contributed by atoms with Crippen molar-refractivity contribution in [3.63, 3.8) is 0 Å². The van der Waals surface area contributed by atoms with Gasteiger partial charge in [0.25, 0.3) is 5.91 Å². The first-order valence-corrected chi connectivity index (χ1v) is 7.60. The van der Waals surface area contributed by atoms with E-state index in [1.54, 1.807) is 7.11 Å². The monoisotopic (exact) mass is 335 g/mol. The van der Waals surface area contributed by atoms with Crippen LogP contribution in [0.5, 0.6) is 0 Å². The van der Waals surface area contributed by atoms with Gasteiger partial charge in [-0.2, -0.15) is 0 Å². The highest BCUT2D eigenvalue weighted by Crippen LogP contribution is 2.28. The second-order valence-corrected chi connectivity index (χ2v) is 5.57. The largest absolute Gasteiger partial charge is 0.407 e. The molecule has 1 N–H and O–H groups in total. The number of carbonyl (C=O) groups excluding carboxylic acids is 1. The van der Waals surface area contributed by atoms with E-state index in [0.717, 1.165) is 31.6 Å². The summed E-state index contributed by atoms with van der Waals surface area (Å²) in [4.78, 5) is 18.0. The Hall–Kier alpha value is -2.39. The molecule has 1 aliphatic rings. The highest BCUT2D eigenvalue weighted by molar-refractivity contribution is 6.01. The molecule has 1 aliphatic heterocycles. The maximum absolute atomic E-state index is 13.1. The molecule has 2 unspecified atom stereocenters. The van der Waals surface area contributed by atoms with Crippen LogP contribution in [0.25, 0.3) is 0 Å². The Morgan fingerprint density at radius 3 is 3.12 bits per heavy atom. The van der Waals surface area contributed by atoms with Crippen LogP contribution in [0, 0.1) is 5.82 Å². The van der Waals surface area contributed by atoms with Crippen LogP contribution in [0.15, 0.2) is 22.7 Å². The predicted molar refractivity (Wildman–Crippen MR) is 81.8 cm³/mol. The number of likely N-dealkylation sites (tertiary alicyclic amines) is 1. The third-order valence-corrected chi connectivity index (χ3v) is 4.04. The fourth-order valence-electron chi connectivity index (χ4n) is 2.61. The Balaban J connectivity index is 1.63. The maximum atomic E-state index is 13.1. The molecule has 2 aromatic heterocycles. The Morgan fingerprint density at radius 1 is 1.54 bits per heavy atom. The van der Waals surface area contributed by atoms with Gasteiger partial charge in [-0.3, -0.25) is 20.0 Å². The fourth-order valence-corrected chi connectivity index (χ4v) is 2.61. The molecule has 8 nitrogen and oxygen atoms in total. The summed E-state index contributed by atoms with van der Waals surface area (Å²) in [6.07, 6.45) is 2.11. The number of nitrogens with zero attached hydrogens (tertiary/aromatic N) is 4. The first kappa shape index (κ1) is 16.5. The van der Waals surface area contributed by atoms with E-state index in [2.05, 4.69) is 25.4 Å². The molecule has 3 heterocycles. The third kappa shape index (κ3) is 3.57. The number of rotatable bonds is 5. The van der Waals surface area contributed by atoms with Gasteiger partial charge in [0.05, 0.1) is 5.92 Å². The molecule has 1 amide bonds. The molecular formula is C15H18FN5O3. The zero-order chi connectivity index (χ0) is 17.1. The Bertz CT molecular complexity index is 723. The second kappa shape index (κ2) is 7.02. The lowest BCUT2D eigenvalue weighted by molar-refractivity contribution is -0.00587. The number of aromatic nitrogens is 3. The van der Waals surface area contributed by atoms with Gasteiger partial charge in [-0.15, -0.1) is 5.10 Å². The van der Waals surface area contributed by atoms with E-state index in [1.165, 1.54) is 6.20 Å². The third-order valence-electron chi connectivity index (χ3n) is 4.04.